The number of benzene rings is 3. The number of carbonyl (C=O) groups excluding carboxylic acids is 1. The van der Waals surface area contributed by atoms with Gasteiger partial charge in [-0.25, -0.2) is 13.8 Å². The van der Waals surface area contributed by atoms with E-state index < -0.39 is 11.6 Å². The molecule has 33 heavy (non-hydrogen) atoms. The van der Waals surface area contributed by atoms with E-state index in [1.165, 1.54) is 24.3 Å². The highest BCUT2D eigenvalue weighted by Gasteiger charge is 2.28. The maximum atomic E-state index is 13.8. The Labute approximate surface area is 189 Å². The molecule has 168 valence electrons. The minimum Gasteiger partial charge on any atom is -0.505 e. The lowest BCUT2D eigenvalue weighted by Crippen LogP contribution is -2.38. The average Bonchev–Trinajstić information content (AvgIpc) is 3.19. The minimum atomic E-state index is -0.804. The Morgan fingerprint density at radius 2 is 1.79 bits per heavy atom. The highest BCUT2D eigenvalue weighted by molar-refractivity contribution is 5.94. The van der Waals surface area contributed by atoms with Crippen molar-refractivity contribution in [3.63, 3.8) is 0 Å². The second-order valence-electron chi connectivity index (χ2n) is 8.41. The van der Waals surface area contributed by atoms with E-state index in [9.17, 15) is 18.7 Å². The Morgan fingerprint density at radius 1 is 1.00 bits per heavy atom. The molecule has 0 spiro atoms. The first-order chi connectivity index (χ1) is 16.0. The number of piperidine rings is 1. The van der Waals surface area contributed by atoms with Crippen molar-refractivity contribution in [2.45, 2.75) is 25.3 Å². The Bertz CT molecular complexity index is 1330. The Morgan fingerprint density at radius 3 is 2.55 bits per heavy atom. The number of phenols is 1. The van der Waals surface area contributed by atoms with Crippen LogP contribution in [0.5, 0.6) is 5.75 Å². The van der Waals surface area contributed by atoms with Crippen molar-refractivity contribution in [3.05, 3.63) is 95.3 Å². The number of nitrogens with zero attached hydrogens (tertiary/aromatic N) is 3. The molecule has 3 aromatic carbocycles. The average molecular weight is 447 g/mol. The van der Waals surface area contributed by atoms with E-state index in [0.717, 1.165) is 41.3 Å². The smallest absolute Gasteiger partial charge is 0.253 e. The van der Waals surface area contributed by atoms with Crippen molar-refractivity contribution in [2.24, 2.45) is 0 Å². The number of imidazole rings is 1. The van der Waals surface area contributed by atoms with Crippen LogP contribution in [0.15, 0.2) is 66.7 Å². The topological polar surface area (TPSA) is 58.4 Å². The summed E-state index contributed by atoms with van der Waals surface area (Å²) in [6, 6.07) is 18.2. The SMILES string of the molecule is O=C(c1ccc(O)c(F)c1)N1CCC(c2nc3ccccc3n2Cc2cccc(F)c2)CC1. The lowest BCUT2D eigenvalue weighted by atomic mass is 9.95. The van der Waals surface area contributed by atoms with Crippen LogP contribution in [0.1, 0.15) is 40.5 Å². The molecule has 0 saturated carbocycles. The van der Waals surface area contributed by atoms with Crippen molar-refractivity contribution < 1.29 is 18.7 Å². The third kappa shape index (κ3) is 4.18. The molecule has 1 aliphatic rings. The zero-order chi connectivity index (χ0) is 22.9. The summed E-state index contributed by atoms with van der Waals surface area (Å²) in [5.41, 5.74) is 2.97. The highest BCUT2D eigenvalue weighted by Crippen LogP contribution is 2.31. The van der Waals surface area contributed by atoms with Crippen LogP contribution < -0.4 is 0 Å². The molecule has 1 saturated heterocycles. The predicted octanol–water partition coefficient (Wildman–Crippen LogP) is 5.09. The van der Waals surface area contributed by atoms with E-state index in [1.54, 1.807) is 11.0 Å². The summed E-state index contributed by atoms with van der Waals surface area (Å²) in [7, 11) is 0. The number of aromatic nitrogens is 2. The standard InChI is InChI=1S/C26H23F2N3O2/c27-20-5-3-4-17(14-20)16-31-23-7-2-1-6-22(23)29-25(31)18-10-12-30(13-11-18)26(33)19-8-9-24(32)21(28)15-19/h1-9,14-15,18,32H,10-13,16H2. The number of amides is 1. The minimum absolute atomic E-state index is 0.145. The number of likely N-dealkylation sites (tertiary alicyclic amines) is 1. The number of hydrogen-bond donors (Lipinski definition) is 1. The van der Waals surface area contributed by atoms with Crippen LogP contribution >= 0.6 is 0 Å². The first-order valence-electron chi connectivity index (χ1n) is 11.0. The van der Waals surface area contributed by atoms with Crippen LogP contribution in [0.4, 0.5) is 8.78 Å². The lowest BCUT2D eigenvalue weighted by molar-refractivity contribution is 0.0710. The zero-order valence-electron chi connectivity index (χ0n) is 17.9. The monoisotopic (exact) mass is 447 g/mol. The van der Waals surface area contributed by atoms with Gasteiger partial charge in [0.1, 0.15) is 11.6 Å². The van der Waals surface area contributed by atoms with Crippen LogP contribution in [0.25, 0.3) is 11.0 Å². The molecular formula is C26H23F2N3O2. The molecule has 0 unspecified atom stereocenters. The Kier molecular flexibility index (Phi) is 5.54. The van der Waals surface area contributed by atoms with Gasteiger partial charge >= 0.3 is 0 Å². The van der Waals surface area contributed by atoms with Gasteiger partial charge in [-0.15, -0.1) is 0 Å². The molecule has 1 aliphatic heterocycles. The number of aromatic hydroxyl groups is 1. The molecule has 0 atom stereocenters. The summed E-state index contributed by atoms with van der Waals surface area (Å²) >= 11 is 0. The molecule has 5 nitrogen and oxygen atoms in total. The fraction of sp³-hybridized carbons (Fsp3) is 0.231. The molecule has 7 heteroatoms. The Balaban J connectivity index is 1.38. The molecule has 0 bridgehead atoms. The lowest BCUT2D eigenvalue weighted by Gasteiger charge is -2.32. The number of para-hydroxylation sites is 2. The number of fused-ring (bicyclic) bond motifs is 1. The molecule has 0 radical (unpaired) electrons. The molecule has 0 aliphatic carbocycles. The third-order valence-corrected chi connectivity index (χ3v) is 6.26. The summed E-state index contributed by atoms with van der Waals surface area (Å²) in [4.78, 5) is 19.4. The second kappa shape index (κ2) is 8.65. The van der Waals surface area contributed by atoms with Crippen molar-refractivity contribution in [1.82, 2.24) is 14.5 Å². The maximum Gasteiger partial charge on any atom is 0.253 e. The van der Waals surface area contributed by atoms with Gasteiger partial charge in [0.15, 0.2) is 11.6 Å². The number of halogens is 2. The molecule has 1 amide bonds. The van der Waals surface area contributed by atoms with Gasteiger partial charge in [-0.1, -0.05) is 24.3 Å². The second-order valence-corrected chi connectivity index (χ2v) is 8.41. The molecular weight excluding hydrogens is 424 g/mol. The van der Waals surface area contributed by atoms with Gasteiger partial charge in [0.25, 0.3) is 5.91 Å². The quantitative estimate of drug-likeness (QED) is 0.474. The fourth-order valence-electron chi connectivity index (χ4n) is 4.55. The first-order valence-corrected chi connectivity index (χ1v) is 11.0. The normalized spacial score (nSPS) is 14.7. The Hall–Kier alpha value is -3.74. The van der Waals surface area contributed by atoms with Gasteiger partial charge in [-0.2, -0.15) is 0 Å². The fourth-order valence-corrected chi connectivity index (χ4v) is 4.55. The largest absolute Gasteiger partial charge is 0.505 e. The first kappa shape index (κ1) is 21.1. The summed E-state index contributed by atoms with van der Waals surface area (Å²) in [5, 5.41) is 9.37. The van der Waals surface area contributed by atoms with Crippen LogP contribution in [0.2, 0.25) is 0 Å². The van der Waals surface area contributed by atoms with E-state index in [-0.39, 0.29) is 23.2 Å². The molecule has 1 aromatic heterocycles. The van der Waals surface area contributed by atoms with E-state index in [4.69, 9.17) is 4.98 Å². The van der Waals surface area contributed by atoms with Crippen molar-refractivity contribution in [1.29, 1.82) is 0 Å². The molecule has 1 fully saturated rings. The van der Waals surface area contributed by atoms with Gasteiger partial charge in [0.2, 0.25) is 0 Å². The predicted molar refractivity (Wildman–Crippen MR) is 121 cm³/mol. The summed E-state index contributed by atoms with van der Waals surface area (Å²) in [5.74, 6) is -0.712. The van der Waals surface area contributed by atoms with Gasteiger partial charge in [-0.05, 0) is 60.9 Å². The zero-order valence-corrected chi connectivity index (χ0v) is 17.9. The van der Waals surface area contributed by atoms with Crippen LogP contribution in [0.3, 0.4) is 0 Å². The van der Waals surface area contributed by atoms with E-state index in [0.29, 0.717) is 19.6 Å². The number of carbonyl (C=O) groups is 1. The number of rotatable bonds is 4. The highest BCUT2D eigenvalue weighted by atomic mass is 19.1. The molecule has 5 rings (SSSR count). The van der Waals surface area contributed by atoms with Gasteiger partial charge in [0.05, 0.1) is 11.0 Å². The van der Waals surface area contributed by atoms with Crippen LogP contribution in [-0.4, -0.2) is 38.6 Å². The van der Waals surface area contributed by atoms with Crippen LogP contribution in [-0.2, 0) is 6.54 Å². The van der Waals surface area contributed by atoms with Gasteiger partial charge in [0, 0.05) is 31.1 Å². The van der Waals surface area contributed by atoms with Crippen molar-refractivity contribution in [2.75, 3.05) is 13.1 Å². The molecule has 1 N–H and O–H groups in total. The number of phenolic OH excluding ortho intramolecular Hbond substituents is 1. The van der Waals surface area contributed by atoms with E-state index >= 15 is 0 Å². The summed E-state index contributed by atoms with van der Waals surface area (Å²) in [6.07, 6.45) is 1.44. The van der Waals surface area contributed by atoms with Crippen molar-refractivity contribution in [3.8, 4) is 5.75 Å². The maximum absolute atomic E-state index is 13.8. The van der Waals surface area contributed by atoms with Gasteiger partial charge < -0.3 is 14.6 Å². The molecule has 4 aromatic rings. The summed E-state index contributed by atoms with van der Waals surface area (Å²) in [6.45, 7) is 1.56. The van der Waals surface area contributed by atoms with Gasteiger partial charge in [-0.3, -0.25) is 4.79 Å². The number of hydrogen-bond acceptors (Lipinski definition) is 3. The van der Waals surface area contributed by atoms with Crippen LogP contribution in [0, 0.1) is 11.6 Å². The third-order valence-electron chi connectivity index (χ3n) is 6.26. The van der Waals surface area contributed by atoms with E-state index in [1.807, 2.05) is 30.3 Å². The molecule has 2 heterocycles. The van der Waals surface area contributed by atoms with Crippen molar-refractivity contribution >= 4 is 16.9 Å². The van der Waals surface area contributed by atoms with E-state index in [2.05, 4.69) is 4.57 Å². The summed E-state index contributed by atoms with van der Waals surface area (Å²) < 4.78 is 29.6.